The highest BCUT2D eigenvalue weighted by molar-refractivity contribution is 6.30. The van der Waals surface area contributed by atoms with E-state index in [-0.39, 0.29) is 10.7 Å². The second-order valence-electron chi connectivity index (χ2n) is 4.89. The molecule has 1 aliphatic rings. The van der Waals surface area contributed by atoms with Crippen LogP contribution in [0.5, 0.6) is 0 Å². The van der Waals surface area contributed by atoms with Gasteiger partial charge in [0.05, 0.1) is 16.8 Å². The molecule has 0 unspecified atom stereocenters. The molecule has 6 nitrogen and oxygen atoms in total. The Morgan fingerprint density at radius 2 is 2.05 bits per heavy atom. The number of hydrogen-bond donors (Lipinski definition) is 1. The number of carbonyl (C=O) groups is 1. The SMILES string of the molecule is O=C(O)[C@@H]1CN(c2ccc(Cl)cc2[N+](=O)[O-])C[C@H]1C(F)(F)F. The zero-order valence-corrected chi connectivity index (χ0v) is 11.6. The molecule has 10 heteroatoms. The molecule has 0 radical (unpaired) electrons. The van der Waals surface area contributed by atoms with Gasteiger partial charge in [0.15, 0.2) is 0 Å². The average molecular weight is 339 g/mol. The molecular formula is C12H10ClF3N2O4. The summed E-state index contributed by atoms with van der Waals surface area (Å²) in [4.78, 5) is 22.3. The van der Waals surface area contributed by atoms with Crippen LogP contribution in [-0.4, -0.2) is 35.3 Å². The van der Waals surface area contributed by atoms with Crippen LogP contribution in [0.2, 0.25) is 5.02 Å². The van der Waals surface area contributed by atoms with Crippen molar-refractivity contribution in [1.82, 2.24) is 0 Å². The molecule has 1 aliphatic heterocycles. The van der Waals surface area contributed by atoms with Crippen LogP contribution in [0.25, 0.3) is 0 Å². The van der Waals surface area contributed by atoms with E-state index in [1.54, 1.807) is 0 Å². The molecule has 0 bridgehead atoms. The molecule has 0 aliphatic carbocycles. The number of benzene rings is 1. The van der Waals surface area contributed by atoms with E-state index in [1.807, 2.05) is 0 Å². The number of halogens is 4. The van der Waals surface area contributed by atoms with Crippen molar-refractivity contribution >= 4 is 28.9 Å². The molecule has 0 spiro atoms. The van der Waals surface area contributed by atoms with E-state index in [4.69, 9.17) is 16.7 Å². The zero-order valence-electron chi connectivity index (χ0n) is 10.9. The van der Waals surface area contributed by atoms with Crippen molar-refractivity contribution in [3.63, 3.8) is 0 Å². The van der Waals surface area contributed by atoms with E-state index in [0.717, 1.165) is 11.0 Å². The number of rotatable bonds is 3. The quantitative estimate of drug-likeness (QED) is 0.676. The molecule has 1 N–H and O–H groups in total. The lowest BCUT2D eigenvalue weighted by Gasteiger charge is -2.19. The number of hydrogen-bond acceptors (Lipinski definition) is 4. The number of aliphatic carboxylic acids is 1. The molecule has 0 saturated carbocycles. The minimum atomic E-state index is -4.70. The summed E-state index contributed by atoms with van der Waals surface area (Å²) in [5.41, 5.74) is -0.535. The lowest BCUT2D eigenvalue weighted by Crippen LogP contribution is -2.33. The first-order chi connectivity index (χ1) is 10.1. The minimum Gasteiger partial charge on any atom is -0.481 e. The predicted octanol–water partition coefficient (Wildman–Crippen LogP) is 2.95. The number of carboxylic acids is 1. The molecule has 0 aromatic heterocycles. The van der Waals surface area contributed by atoms with Crippen molar-refractivity contribution in [2.24, 2.45) is 11.8 Å². The summed E-state index contributed by atoms with van der Waals surface area (Å²) in [6.45, 7) is -1.11. The number of alkyl halides is 3. The Bertz CT molecular complexity index is 623. The maximum atomic E-state index is 12.9. The van der Waals surface area contributed by atoms with Crippen LogP contribution in [0, 0.1) is 22.0 Å². The second kappa shape index (κ2) is 5.64. The van der Waals surface area contributed by atoms with Crippen LogP contribution >= 0.6 is 11.6 Å². The first kappa shape index (κ1) is 16.3. The third kappa shape index (κ3) is 3.08. The van der Waals surface area contributed by atoms with E-state index >= 15 is 0 Å². The first-order valence-corrected chi connectivity index (χ1v) is 6.47. The number of nitrogens with zero attached hydrogens (tertiary/aromatic N) is 2. The number of nitro groups is 1. The summed E-state index contributed by atoms with van der Waals surface area (Å²) < 4.78 is 38.8. The molecule has 2 rings (SSSR count). The van der Waals surface area contributed by atoms with Crippen LogP contribution in [0.3, 0.4) is 0 Å². The Kier molecular flexibility index (Phi) is 4.19. The highest BCUT2D eigenvalue weighted by Crippen LogP contribution is 2.42. The Hall–Kier alpha value is -2.03. The van der Waals surface area contributed by atoms with Crippen molar-refractivity contribution in [3.8, 4) is 0 Å². The Balaban J connectivity index is 2.39. The lowest BCUT2D eigenvalue weighted by atomic mass is 9.96. The Morgan fingerprint density at radius 3 is 2.50 bits per heavy atom. The van der Waals surface area contributed by atoms with Gasteiger partial charge in [-0.2, -0.15) is 13.2 Å². The van der Waals surface area contributed by atoms with E-state index in [1.165, 1.54) is 12.1 Å². The fourth-order valence-corrected chi connectivity index (χ4v) is 2.66. The fraction of sp³-hybridized carbons (Fsp3) is 0.417. The molecule has 1 heterocycles. The van der Waals surface area contributed by atoms with Gasteiger partial charge in [0.2, 0.25) is 0 Å². The minimum absolute atomic E-state index is 0.0665. The van der Waals surface area contributed by atoms with Crippen LogP contribution in [-0.2, 0) is 4.79 Å². The normalized spacial score (nSPS) is 21.9. The van der Waals surface area contributed by atoms with Gasteiger partial charge in [-0.3, -0.25) is 14.9 Å². The van der Waals surface area contributed by atoms with E-state index in [9.17, 15) is 28.1 Å². The summed E-state index contributed by atoms with van der Waals surface area (Å²) >= 11 is 5.65. The summed E-state index contributed by atoms with van der Waals surface area (Å²) in [7, 11) is 0. The van der Waals surface area contributed by atoms with Gasteiger partial charge in [-0.25, -0.2) is 0 Å². The van der Waals surface area contributed by atoms with Crippen LogP contribution in [0.15, 0.2) is 18.2 Å². The van der Waals surface area contributed by atoms with E-state index in [0.29, 0.717) is 0 Å². The van der Waals surface area contributed by atoms with Gasteiger partial charge in [-0.15, -0.1) is 0 Å². The van der Waals surface area contributed by atoms with Crippen molar-refractivity contribution in [3.05, 3.63) is 33.3 Å². The van der Waals surface area contributed by atoms with E-state index < -0.39 is 47.7 Å². The number of anilines is 1. The second-order valence-corrected chi connectivity index (χ2v) is 5.32. The molecular weight excluding hydrogens is 329 g/mol. The highest BCUT2D eigenvalue weighted by atomic mass is 35.5. The molecule has 1 saturated heterocycles. The van der Waals surface area contributed by atoms with Gasteiger partial charge >= 0.3 is 12.1 Å². The van der Waals surface area contributed by atoms with Crippen LogP contribution in [0.4, 0.5) is 24.5 Å². The summed E-state index contributed by atoms with van der Waals surface area (Å²) in [6.07, 6.45) is -4.70. The Labute approximate surface area is 127 Å². The molecule has 0 amide bonds. The van der Waals surface area contributed by atoms with Crippen molar-refractivity contribution in [1.29, 1.82) is 0 Å². The summed E-state index contributed by atoms with van der Waals surface area (Å²) in [5, 5.41) is 20.0. The van der Waals surface area contributed by atoms with Crippen LogP contribution in [0.1, 0.15) is 0 Å². The van der Waals surface area contributed by atoms with Crippen molar-refractivity contribution in [2.75, 3.05) is 18.0 Å². The average Bonchev–Trinajstić information content (AvgIpc) is 2.83. The van der Waals surface area contributed by atoms with Gasteiger partial charge in [0, 0.05) is 24.2 Å². The highest BCUT2D eigenvalue weighted by Gasteiger charge is 2.53. The predicted molar refractivity (Wildman–Crippen MR) is 71.0 cm³/mol. The summed E-state index contributed by atoms with van der Waals surface area (Å²) in [6, 6.07) is 3.55. The van der Waals surface area contributed by atoms with Gasteiger partial charge in [-0.05, 0) is 12.1 Å². The zero-order chi connectivity index (χ0) is 16.7. The molecule has 22 heavy (non-hydrogen) atoms. The number of nitro benzene ring substituents is 1. The first-order valence-electron chi connectivity index (χ1n) is 6.09. The lowest BCUT2D eigenvalue weighted by molar-refractivity contribution is -0.384. The largest absolute Gasteiger partial charge is 0.481 e. The molecule has 120 valence electrons. The molecule has 1 aromatic carbocycles. The smallest absolute Gasteiger partial charge is 0.394 e. The van der Waals surface area contributed by atoms with Gasteiger partial charge in [0.1, 0.15) is 5.69 Å². The Morgan fingerprint density at radius 1 is 1.41 bits per heavy atom. The maximum Gasteiger partial charge on any atom is 0.394 e. The van der Waals surface area contributed by atoms with Gasteiger partial charge in [-0.1, -0.05) is 11.6 Å². The molecule has 1 aromatic rings. The monoisotopic (exact) mass is 338 g/mol. The van der Waals surface area contributed by atoms with Crippen LogP contribution < -0.4 is 4.90 Å². The van der Waals surface area contributed by atoms with Crippen molar-refractivity contribution in [2.45, 2.75) is 6.18 Å². The van der Waals surface area contributed by atoms with E-state index in [2.05, 4.69) is 0 Å². The summed E-state index contributed by atoms with van der Waals surface area (Å²) in [5.74, 6) is -5.34. The van der Waals surface area contributed by atoms with Crippen molar-refractivity contribution < 1.29 is 28.0 Å². The third-order valence-electron chi connectivity index (χ3n) is 3.53. The topological polar surface area (TPSA) is 83.7 Å². The third-order valence-corrected chi connectivity index (χ3v) is 3.77. The maximum absolute atomic E-state index is 12.9. The van der Waals surface area contributed by atoms with Gasteiger partial charge < -0.3 is 10.0 Å². The molecule has 2 atom stereocenters. The molecule has 1 fully saturated rings. The van der Waals surface area contributed by atoms with Gasteiger partial charge in [0.25, 0.3) is 5.69 Å². The number of carboxylic acid groups (broad SMARTS) is 1. The standard InChI is InChI=1S/C12H10ClF3N2O4/c13-6-1-2-9(10(3-6)18(21)22)17-4-7(11(19)20)8(5-17)12(14,15)16/h1-3,7-8H,4-5H2,(H,19,20)/t7-,8-/m1/s1. The fourth-order valence-electron chi connectivity index (χ4n) is 2.49.